The molecule has 1 heterocycles. The number of nitrogens with zero attached hydrogens (tertiary/aromatic N) is 1. The highest BCUT2D eigenvalue weighted by molar-refractivity contribution is 5.97. The Kier molecular flexibility index (Phi) is 4.80. The van der Waals surface area contributed by atoms with E-state index in [2.05, 4.69) is 0 Å². The highest BCUT2D eigenvalue weighted by atomic mass is 16.5. The molecule has 1 aliphatic rings. The van der Waals surface area contributed by atoms with Crippen molar-refractivity contribution in [2.45, 2.75) is 25.9 Å². The van der Waals surface area contributed by atoms with Crippen molar-refractivity contribution in [2.24, 2.45) is 0 Å². The van der Waals surface area contributed by atoms with Gasteiger partial charge in [-0.3, -0.25) is 4.79 Å². The molecule has 0 aliphatic carbocycles. The van der Waals surface area contributed by atoms with E-state index in [-0.39, 0.29) is 24.4 Å². The van der Waals surface area contributed by atoms with Gasteiger partial charge < -0.3 is 19.8 Å². The molecule has 0 bridgehead atoms. The summed E-state index contributed by atoms with van der Waals surface area (Å²) in [6.07, 6.45) is 1.08. The fourth-order valence-corrected chi connectivity index (χ4v) is 2.42. The molecule has 0 atom stereocenters. The van der Waals surface area contributed by atoms with Crippen molar-refractivity contribution in [3.63, 3.8) is 0 Å². The van der Waals surface area contributed by atoms with Gasteiger partial charge in [0, 0.05) is 13.1 Å². The second kappa shape index (κ2) is 6.58. The zero-order chi connectivity index (χ0) is 15.4. The number of likely N-dealkylation sites (tertiary alicyclic amines) is 1. The summed E-state index contributed by atoms with van der Waals surface area (Å²) in [6, 6.07) is 5.10. The minimum atomic E-state index is -0.988. The van der Waals surface area contributed by atoms with Crippen LogP contribution in [0.3, 0.4) is 0 Å². The lowest BCUT2D eigenvalue weighted by Crippen LogP contribution is -2.41. The Morgan fingerprint density at radius 3 is 2.62 bits per heavy atom. The number of aryl methyl sites for hydroxylation is 1. The quantitative estimate of drug-likeness (QED) is 0.876. The van der Waals surface area contributed by atoms with Gasteiger partial charge in [0.05, 0.1) is 11.7 Å². The molecule has 1 aliphatic heterocycles. The third-order valence-corrected chi connectivity index (χ3v) is 3.64. The summed E-state index contributed by atoms with van der Waals surface area (Å²) in [6.45, 7) is 2.43. The molecule has 1 saturated heterocycles. The van der Waals surface area contributed by atoms with Gasteiger partial charge in [0.2, 0.25) is 0 Å². The molecule has 0 unspecified atom stereocenters. The number of benzene rings is 1. The Morgan fingerprint density at radius 1 is 1.33 bits per heavy atom. The molecule has 2 N–H and O–H groups in total. The molecular formula is C15H19NO5. The largest absolute Gasteiger partial charge is 0.507 e. The van der Waals surface area contributed by atoms with Crippen LogP contribution in [0.2, 0.25) is 0 Å². The highest BCUT2D eigenvalue weighted by Crippen LogP contribution is 2.24. The van der Waals surface area contributed by atoms with Crippen molar-refractivity contribution in [2.75, 3.05) is 19.7 Å². The van der Waals surface area contributed by atoms with Crippen LogP contribution in [0.1, 0.15) is 28.8 Å². The third kappa shape index (κ3) is 3.72. The topological polar surface area (TPSA) is 87.1 Å². The summed E-state index contributed by atoms with van der Waals surface area (Å²) >= 11 is 0. The van der Waals surface area contributed by atoms with Crippen LogP contribution >= 0.6 is 0 Å². The number of hydrogen-bond acceptors (Lipinski definition) is 4. The molecule has 0 spiro atoms. The number of carbonyl (C=O) groups is 2. The number of hydrogen-bond donors (Lipinski definition) is 2. The second-order valence-electron chi connectivity index (χ2n) is 5.17. The van der Waals surface area contributed by atoms with E-state index >= 15 is 0 Å². The van der Waals surface area contributed by atoms with Crippen LogP contribution in [0, 0.1) is 6.92 Å². The van der Waals surface area contributed by atoms with Gasteiger partial charge in [-0.05, 0) is 31.4 Å². The fourth-order valence-electron chi connectivity index (χ4n) is 2.42. The predicted molar refractivity (Wildman–Crippen MR) is 75.4 cm³/mol. The van der Waals surface area contributed by atoms with Gasteiger partial charge in [-0.1, -0.05) is 12.1 Å². The minimum absolute atomic E-state index is 0.0201. The molecule has 0 radical (unpaired) electrons. The van der Waals surface area contributed by atoms with Gasteiger partial charge >= 0.3 is 5.97 Å². The maximum Gasteiger partial charge on any atom is 0.329 e. The van der Waals surface area contributed by atoms with Gasteiger partial charge in [-0.2, -0.15) is 0 Å². The first kappa shape index (κ1) is 15.3. The second-order valence-corrected chi connectivity index (χ2v) is 5.17. The Bertz CT molecular complexity index is 535. The van der Waals surface area contributed by atoms with Crippen molar-refractivity contribution >= 4 is 11.9 Å². The molecule has 0 saturated carbocycles. The molecule has 114 valence electrons. The van der Waals surface area contributed by atoms with Crippen molar-refractivity contribution in [3.8, 4) is 5.75 Å². The van der Waals surface area contributed by atoms with Crippen LogP contribution in [0.4, 0.5) is 0 Å². The van der Waals surface area contributed by atoms with E-state index in [4.69, 9.17) is 9.84 Å². The van der Waals surface area contributed by atoms with Crippen LogP contribution in [-0.2, 0) is 9.53 Å². The summed E-state index contributed by atoms with van der Waals surface area (Å²) in [5.74, 6) is -1.17. The van der Waals surface area contributed by atoms with Crippen LogP contribution < -0.4 is 0 Å². The molecule has 1 aromatic carbocycles. The lowest BCUT2D eigenvalue weighted by Gasteiger charge is -2.31. The fraction of sp³-hybridized carbons (Fsp3) is 0.467. The number of carboxylic acids is 1. The van der Waals surface area contributed by atoms with E-state index < -0.39 is 5.97 Å². The molecule has 21 heavy (non-hydrogen) atoms. The Hall–Kier alpha value is -2.08. The number of piperidine rings is 1. The Balaban J connectivity index is 1.94. The van der Waals surface area contributed by atoms with E-state index in [0.717, 1.165) is 0 Å². The summed E-state index contributed by atoms with van der Waals surface area (Å²) in [7, 11) is 0. The molecule has 6 nitrogen and oxygen atoms in total. The zero-order valence-electron chi connectivity index (χ0n) is 11.9. The number of phenolic OH excluding ortho intramolecular Hbond substituents is 1. The van der Waals surface area contributed by atoms with Gasteiger partial charge in [-0.25, -0.2) is 4.79 Å². The number of ether oxygens (including phenoxy) is 1. The Labute approximate surface area is 122 Å². The van der Waals surface area contributed by atoms with Gasteiger partial charge in [-0.15, -0.1) is 0 Å². The number of phenols is 1. The monoisotopic (exact) mass is 293 g/mol. The van der Waals surface area contributed by atoms with E-state index in [1.165, 1.54) is 0 Å². The number of carboxylic acid groups (broad SMARTS) is 1. The first-order valence-electron chi connectivity index (χ1n) is 6.90. The first-order valence-corrected chi connectivity index (χ1v) is 6.90. The van der Waals surface area contributed by atoms with Crippen molar-refractivity contribution in [3.05, 3.63) is 29.3 Å². The summed E-state index contributed by atoms with van der Waals surface area (Å²) < 4.78 is 5.23. The number of aliphatic carboxylic acids is 1. The van der Waals surface area contributed by atoms with Crippen LogP contribution in [0.25, 0.3) is 0 Å². The van der Waals surface area contributed by atoms with E-state index in [1.807, 2.05) is 0 Å². The standard InChI is InChI=1S/C15H19NO5/c1-10-3-2-4-12(14(10)19)15(20)16-7-5-11(6-8-16)21-9-13(17)18/h2-4,11,19H,5-9H2,1H3,(H,17,18). The molecule has 2 rings (SSSR count). The van der Waals surface area contributed by atoms with Crippen molar-refractivity contribution in [1.82, 2.24) is 4.90 Å². The van der Waals surface area contributed by atoms with Gasteiger partial charge in [0.15, 0.2) is 0 Å². The summed E-state index contributed by atoms with van der Waals surface area (Å²) in [5, 5.41) is 18.5. The van der Waals surface area contributed by atoms with E-state index in [1.54, 1.807) is 30.0 Å². The predicted octanol–water partition coefficient (Wildman–Crippen LogP) is 1.41. The van der Waals surface area contributed by atoms with Gasteiger partial charge in [0.1, 0.15) is 12.4 Å². The maximum atomic E-state index is 12.4. The lowest BCUT2D eigenvalue weighted by molar-refractivity contribution is -0.145. The van der Waals surface area contributed by atoms with Gasteiger partial charge in [0.25, 0.3) is 5.91 Å². The van der Waals surface area contributed by atoms with Crippen molar-refractivity contribution in [1.29, 1.82) is 0 Å². The van der Waals surface area contributed by atoms with Crippen molar-refractivity contribution < 1.29 is 24.5 Å². The molecule has 1 fully saturated rings. The molecule has 6 heteroatoms. The lowest BCUT2D eigenvalue weighted by atomic mass is 10.0. The van der Waals surface area contributed by atoms with Crippen LogP contribution in [0.15, 0.2) is 18.2 Å². The normalized spacial score (nSPS) is 16.0. The summed E-state index contributed by atoms with van der Waals surface area (Å²) in [4.78, 5) is 24.5. The number of para-hydroxylation sites is 1. The smallest absolute Gasteiger partial charge is 0.329 e. The third-order valence-electron chi connectivity index (χ3n) is 3.64. The highest BCUT2D eigenvalue weighted by Gasteiger charge is 2.26. The summed E-state index contributed by atoms with van der Waals surface area (Å²) in [5.41, 5.74) is 0.973. The van der Waals surface area contributed by atoms with E-state index in [0.29, 0.717) is 37.1 Å². The van der Waals surface area contributed by atoms with E-state index in [9.17, 15) is 14.7 Å². The molecular weight excluding hydrogens is 274 g/mol. The molecule has 1 amide bonds. The number of amides is 1. The number of rotatable bonds is 4. The average Bonchev–Trinajstić information content (AvgIpc) is 2.48. The Morgan fingerprint density at radius 2 is 2.00 bits per heavy atom. The van der Waals surface area contributed by atoms with Crippen LogP contribution in [-0.4, -0.2) is 52.8 Å². The molecule has 0 aromatic heterocycles. The zero-order valence-corrected chi connectivity index (χ0v) is 11.9. The average molecular weight is 293 g/mol. The maximum absolute atomic E-state index is 12.4. The SMILES string of the molecule is Cc1cccc(C(=O)N2CCC(OCC(=O)O)CC2)c1O. The molecule has 1 aromatic rings. The van der Waals surface area contributed by atoms with Crippen LogP contribution in [0.5, 0.6) is 5.75 Å². The first-order chi connectivity index (χ1) is 9.99. The minimum Gasteiger partial charge on any atom is -0.507 e. The number of carbonyl (C=O) groups excluding carboxylic acids is 1. The number of aromatic hydroxyl groups is 1.